The summed E-state index contributed by atoms with van der Waals surface area (Å²) in [6.07, 6.45) is 5.19. The minimum atomic E-state index is -4.25. The van der Waals surface area contributed by atoms with Crippen LogP contribution in [0.2, 0.25) is 5.02 Å². The normalized spacial score (nSPS) is 14.1. The summed E-state index contributed by atoms with van der Waals surface area (Å²) in [5, 5.41) is 3.40. The van der Waals surface area contributed by atoms with Crippen molar-refractivity contribution in [2.45, 2.75) is 69.0 Å². The monoisotopic (exact) mass is 687 g/mol. The number of halogens is 1. The van der Waals surface area contributed by atoms with Crippen molar-refractivity contribution in [3.8, 4) is 5.75 Å². The van der Waals surface area contributed by atoms with Gasteiger partial charge in [-0.2, -0.15) is 0 Å². The molecule has 2 amide bonds. The summed E-state index contributed by atoms with van der Waals surface area (Å²) in [5.74, 6) is -0.216. The molecule has 0 spiro atoms. The first-order valence-electron chi connectivity index (χ1n) is 16.3. The van der Waals surface area contributed by atoms with E-state index in [1.807, 2.05) is 55.5 Å². The Balaban J connectivity index is 1.58. The molecule has 0 heterocycles. The van der Waals surface area contributed by atoms with Gasteiger partial charge in [0.15, 0.2) is 0 Å². The first-order valence-corrected chi connectivity index (χ1v) is 18.1. The van der Waals surface area contributed by atoms with Gasteiger partial charge in [0.2, 0.25) is 11.8 Å². The summed E-state index contributed by atoms with van der Waals surface area (Å²) in [4.78, 5) is 30.5. The van der Waals surface area contributed by atoms with E-state index in [1.165, 1.54) is 17.0 Å². The largest absolute Gasteiger partial charge is 0.497 e. The third kappa shape index (κ3) is 8.76. The maximum atomic E-state index is 14.7. The van der Waals surface area contributed by atoms with Crippen molar-refractivity contribution in [1.82, 2.24) is 10.2 Å². The predicted molar refractivity (Wildman–Crippen MR) is 190 cm³/mol. The number of rotatable bonds is 13. The van der Waals surface area contributed by atoms with Crippen LogP contribution in [0.1, 0.15) is 48.8 Å². The lowest BCUT2D eigenvalue weighted by molar-refractivity contribution is -0.140. The topological polar surface area (TPSA) is 96.0 Å². The first-order chi connectivity index (χ1) is 23.2. The van der Waals surface area contributed by atoms with Crippen molar-refractivity contribution in [1.29, 1.82) is 0 Å². The second-order valence-corrected chi connectivity index (χ2v) is 14.5. The van der Waals surface area contributed by atoms with Crippen LogP contribution in [0.4, 0.5) is 5.69 Å². The molecule has 4 aromatic carbocycles. The molecule has 252 valence electrons. The van der Waals surface area contributed by atoms with Gasteiger partial charge in [-0.25, -0.2) is 8.42 Å². The van der Waals surface area contributed by atoms with Gasteiger partial charge in [0.25, 0.3) is 10.0 Å². The van der Waals surface area contributed by atoms with Crippen LogP contribution in [-0.2, 0) is 32.6 Å². The number of ether oxygens (including phenoxy) is 1. The van der Waals surface area contributed by atoms with Gasteiger partial charge in [0.1, 0.15) is 18.3 Å². The Morgan fingerprint density at radius 1 is 0.875 bits per heavy atom. The zero-order chi connectivity index (χ0) is 34.1. The molecular formula is C38H42ClN3O5S. The van der Waals surface area contributed by atoms with Gasteiger partial charge >= 0.3 is 0 Å². The minimum Gasteiger partial charge on any atom is -0.497 e. The predicted octanol–water partition coefficient (Wildman–Crippen LogP) is 6.94. The molecule has 48 heavy (non-hydrogen) atoms. The number of anilines is 1. The lowest BCUT2D eigenvalue weighted by Crippen LogP contribution is -2.55. The smallest absolute Gasteiger partial charge is 0.264 e. The Hall–Kier alpha value is -4.34. The third-order valence-corrected chi connectivity index (χ3v) is 10.8. The summed E-state index contributed by atoms with van der Waals surface area (Å²) in [5.41, 5.74) is 2.67. The molecule has 0 bridgehead atoms. The van der Waals surface area contributed by atoms with Gasteiger partial charge < -0.3 is 15.0 Å². The lowest BCUT2D eigenvalue weighted by atomic mass is 9.94. The molecule has 0 aromatic heterocycles. The summed E-state index contributed by atoms with van der Waals surface area (Å²) < 4.78 is 35.0. The van der Waals surface area contributed by atoms with E-state index < -0.39 is 28.5 Å². The highest BCUT2D eigenvalue weighted by atomic mass is 35.5. The number of hydrogen-bond donors (Lipinski definition) is 1. The molecule has 4 aromatic rings. The number of carbonyl (C=O) groups excluding carboxylic acids is 2. The molecule has 1 atom stereocenters. The molecule has 0 unspecified atom stereocenters. The summed E-state index contributed by atoms with van der Waals surface area (Å²) in [7, 11) is -2.69. The molecule has 1 aliphatic rings. The second-order valence-electron chi connectivity index (χ2n) is 12.2. The maximum Gasteiger partial charge on any atom is 0.264 e. The highest BCUT2D eigenvalue weighted by molar-refractivity contribution is 7.92. The summed E-state index contributed by atoms with van der Waals surface area (Å²) in [6, 6.07) is 28.9. The van der Waals surface area contributed by atoms with Crippen LogP contribution in [0.5, 0.6) is 5.75 Å². The van der Waals surface area contributed by atoms with E-state index in [9.17, 15) is 18.0 Å². The van der Waals surface area contributed by atoms with E-state index in [-0.39, 0.29) is 40.5 Å². The van der Waals surface area contributed by atoms with Gasteiger partial charge in [-0.05, 0) is 67.3 Å². The number of aryl methyl sites for hydroxylation is 1. The van der Waals surface area contributed by atoms with Gasteiger partial charge in [0.05, 0.1) is 22.7 Å². The first kappa shape index (κ1) is 35.0. The number of benzene rings is 4. The Labute approximate surface area is 288 Å². The maximum absolute atomic E-state index is 14.7. The number of hydrogen-bond acceptors (Lipinski definition) is 5. The highest BCUT2D eigenvalue weighted by Crippen LogP contribution is 2.31. The molecule has 1 saturated carbocycles. The van der Waals surface area contributed by atoms with Crippen LogP contribution in [0.25, 0.3) is 0 Å². The van der Waals surface area contributed by atoms with Crippen molar-refractivity contribution in [3.63, 3.8) is 0 Å². The molecule has 10 heteroatoms. The molecule has 1 N–H and O–H groups in total. The fraction of sp³-hybridized carbons (Fsp3) is 0.316. The van der Waals surface area contributed by atoms with Crippen molar-refractivity contribution >= 4 is 39.1 Å². The fourth-order valence-electron chi connectivity index (χ4n) is 6.07. The van der Waals surface area contributed by atoms with Gasteiger partial charge in [0, 0.05) is 19.0 Å². The molecule has 0 saturated heterocycles. The standard InChI is InChI=1S/C38H42ClN3O5S/c1-28-20-22-33(23-21-28)48(45,46)42(35-19-10-9-18-34(35)39)27-37(43)41(26-30-14-11-17-32(24-30)47-2)36(25-29-12-5-3-6-13-29)38(44)40-31-15-7-4-8-16-31/h3,5-6,9-14,17-24,31,36H,4,7-8,15-16,25-27H2,1-2H3,(H,40,44)/t36-/m0/s1. The van der Waals surface area contributed by atoms with Gasteiger partial charge in [-0.15, -0.1) is 0 Å². The molecule has 1 fully saturated rings. The Kier molecular flexibility index (Phi) is 11.8. The van der Waals surface area contributed by atoms with Crippen molar-refractivity contribution in [3.05, 3.63) is 125 Å². The average Bonchev–Trinajstić information content (AvgIpc) is 3.10. The molecule has 8 nitrogen and oxygen atoms in total. The summed E-state index contributed by atoms with van der Waals surface area (Å²) >= 11 is 6.58. The van der Waals surface area contributed by atoms with Crippen LogP contribution < -0.4 is 14.4 Å². The molecular weight excluding hydrogens is 646 g/mol. The Bertz CT molecular complexity index is 1790. The SMILES string of the molecule is COc1cccc(CN(C(=O)CN(c2ccccc2Cl)S(=O)(=O)c2ccc(C)cc2)[C@@H](Cc2ccccc2)C(=O)NC2CCCCC2)c1. The number of carbonyl (C=O) groups is 2. The lowest BCUT2D eigenvalue weighted by Gasteiger charge is -2.35. The molecule has 0 radical (unpaired) electrons. The molecule has 1 aliphatic carbocycles. The van der Waals surface area contributed by atoms with Crippen molar-refractivity contribution in [2.24, 2.45) is 0 Å². The number of nitrogens with zero attached hydrogens (tertiary/aromatic N) is 2. The van der Waals surface area contributed by atoms with Gasteiger partial charge in [-0.3, -0.25) is 13.9 Å². The van der Waals surface area contributed by atoms with Crippen molar-refractivity contribution in [2.75, 3.05) is 18.0 Å². The summed E-state index contributed by atoms with van der Waals surface area (Å²) in [6.45, 7) is 1.34. The van der Waals surface area contributed by atoms with Crippen molar-refractivity contribution < 1.29 is 22.7 Å². The number of nitrogens with one attached hydrogen (secondary N) is 1. The number of methoxy groups -OCH3 is 1. The highest BCUT2D eigenvalue weighted by Gasteiger charge is 2.36. The Morgan fingerprint density at radius 3 is 2.23 bits per heavy atom. The zero-order valence-corrected chi connectivity index (χ0v) is 28.9. The quantitative estimate of drug-likeness (QED) is 0.164. The van der Waals surface area contributed by atoms with Crippen LogP contribution in [0, 0.1) is 6.92 Å². The van der Waals surface area contributed by atoms with E-state index in [4.69, 9.17) is 16.3 Å². The fourth-order valence-corrected chi connectivity index (χ4v) is 7.79. The van der Waals surface area contributed by atoms with Crippen LogP contribution in [-0.4, -0.2) is 50.9 Å². The van der Waals surface area contributed by atoms with Crippen LogP contribution >= 0.6 is 11.6 Å². The van der Waals surface area contributed by atoms with E-state index in [0.29, 0.717) is 5.75 Å². The third-order valence-electron chi connectivity index (χ3n) is 8.72. The van der Waals surface area contributed by atoms with Crippen LogP contribution in [0.15, 0.2) is 108 Å². The molecule has 5 rings (SSSR count). The number of para-hydroxylation sites is 1. The Morgan fingerprint density at radius 2 is 1.54 bits per heavy atom. The zero-order valence-electron chi connectivity index (χ0n) is 27.3. The number of amides is 2. The van der Waals surface area contributed by atoms with E-state index in [1.54, 1.807) is 49.6 Å². The van der Waals surface area contributed by atoms with E-state index in [0.717, 1.165) is 53.1 Å². The molecule has 0 aliphatic heterocycles. The number of sulfonamides is 1. The van der Waals surface area contributed by atoms with E-state index >= 15 is 0 Å². The average molecular weight is 688 g/mol. The minimum absolute atomic E-state index is 0.0137. The van der Waals surface area contributed by atoms with Crippen LogP contribution in [0.3, 0.4) is 0 Å². The second kappa shape index (κ2) is 16.2. The van der Waals surface area contributed by atoms with E-state index in [2.05, 4.69) is 5.32 Å². The van der Waals surface area contributed by atoms with Gasteiger partial charge in [-0.1, -0.05) is 103 Å².